The normalized spacial score (nSPS) is 23.9. The molecule has 0 radical (unpaired) electrons. The van der Waals surface area contributed by atoms with Crippen LogP contribution < -0.4 is 5.32 Å². The first kappa shape index (κ1) is 15.2. The van der Waals surface area contributed by atoms with Crippen LogP contribution in [-0.4, -0.2) is 12.2 Å². The number of halogens is 5. The second-order valence-corrected chi connectivity index (χ2v) is 5.21. The van der Waals surface area contributed by atoms with E-state index in [1.165, 1.54) is 0 Å². The minimum absolute atomic E-state index is 0.0729. The van der Waals surface area contributed by atoms with Gasteiger partial charge in [-0.2, -0.15) is 13.2 Å². The zero-order chi connectivity index (χ0) is 14.8. The lowest BCUT2D eigenvalue weighted by molar-refractivity contribution is -0.182. The first-order valence-electron chi connectivity index (χ1n) is 6.60. The first-order chi connectivity index (χ1) is 9.36. The molecule has 20 heavy (non-hydrogen) atoms. The van der Waals surface area contributed by atoms with E-state index in [-0.39, 0.29) is 31.0 Å². The standard InChI is InChI=1S/C14H16F5N/c15-11-3-6-13(16)9(7-11)8-20-12-4-1-10(2-5-12)14(17,18)19/h3,6-7,10,12,20H,1-2,4-5,8H2. The minimum Gasteiger partial charge on any atom is -0.310 e. The highest BCUT2D eigenvalue weighted by Crippen LogP contribution is 2.37. The third kappa shape index (κ3) is 3.91. The number of benzene rings is 1. The van der Waals surface area contributed by atoms with Gasteiger partial charge in [0.25, 0.3) is 0 Å². The van der Waals surface area contributed by atoms with E-state index >= 15 is 0 Å². The second-order valence-electron chi connectivity index (χ2n) is 5.21. The van der Waals surface area contributed by atoms with Crippen LogP contribution in [0.4, 0.5) is 22.0 Å². The molecule has 0 bridgehead atoms. The van der Waals surface area contributed by atoms with Crippen molar-refractivity contribution in [3.05, 3.63) is 35.4 Å². The topological polar surface area (TPSA) is 12.0 Å². The summed E-state index contributed by atoms with van der Waals surface area (Å²) in [5.41, 5.74) is 0.197. The summed E-state index contributed by atoms with van der Waals surface area (Å²) in [4.78, 5) is 0. The van der Waals surface area contributed by atoms with Gasteiger partial charge in [-0.05, 0) is 43.9 Å². The molecule has 112 valence electrons. The smallest absolute Gasteiger partial charge is 0.310 e. The van der Waals surface area contributed by atoms with Crippen LogP contribution in [0.1, 0.15) is 31.2 Å². The summed E-state index contributed by atoms with van der Waals surface area (Å²) in [5, 5.41) is 3.00. The van der Waals surface area contributed by atoms with Crippen LogP contribution in [0, 0.1) is 17.6 Å². The average molecular weight is 293 g/mol. The van der Waals surface area contributed by atoms with Gasteiger partial charge in [0.15, 0.2) is 0 Å². The molecule has 1 N–H and O–H groups in total. The molecule has 0 atom stereocenters. The molecule has 1 aromatic rings. The Bertz CT molecular complexity index is 449. The van der Waals surface area contributed by atoms with E-state index in [4.69, 9.17) is 0 Å². The molecular formula is C14H16F5N. The van der Waals surface area contributed by atoms with Crippen molar-refractivity contribution in [2.75, 3.05) is 0 Å². The SMILES string of the molecule is Fc1ccc(F)c(CNC2CCC(C(F)(F)F)CC2)c1. The maximum atomic E-state index is 13.4. The molecule has 1 aromatic carbocycles. The second kappa shape index (κ2) is 6.08. The molecule has 1 nitrogen and oxygen atoms in total. The van der Waals surface area contributed by atoms with Crippen LogP contribution in [0.15, 0.2) is 18.2 Å². The van der Waals surface area contributed by atoms with Gasteiger partial charge < -0.3 is 5.32 Å². The van der Waals surface area contributed by atoms with Crippen LogP contribution in [0.3, 0.4) is 0 Å². The van der Waals surface area contributed by atoms with Crippen molar-refractivity contribution in [1.29, 1.82) is 0 Å². The summed E-state index contributed by atoms with van der Waals surface area (Å²) in [6, 6.07) is 3.11. The fourth-order valence-electron chi connectivity index (χ4n) is 2.56. The Morgan fingerprint density at radius 2 is 1.70 bits per heavy atom. The number of hydrogen-bond acceptors (Lipinski definition) is 1. The van der Waals surface area contributed by atoms with E-state index < -0.39 is 23.7 Å². The Morgan fingerprint density at radius 1 is 1.05 bits per heavy atom. The highest BCUT2D eigenvalue weighted by molar-refractivity contribution is 5.18. The van der Waals surface area contributed by atoms with Crippen molar-refractivity contribution in [3.63, 3.8) is 0 Å². The van der Waals surface area contributed by atoms with Gasteiger partial charge in [0.2, 0.25) is 0 Å². The zero-order valence-corrected chi connectivity index (χ0v) is 10.8. The Morgan fingerprint density at radius 3 is 2.30 bits per heavy atom. The van der Waals surface area contributed by atoms with E-state index in [0.29, 0.717) is 12.8 Å². The fraction of sp³-hybridized carbons (Fsp3) is 0.571. The quantitative estimate of drug-likeness (QED) is 0.825. The lowest BCUT2D eigenvalue weighted by atomic mass is 9.85. The van der Waals surface area contributed by atoms with Crippen molar-refractivity contribution in [2.45, 2.75) is 44.4 Å². The fourth-order valence-corrected chi connectivity index (χ4v) is 2.56. The molecule has 0 saturated heterocycles. The van der Waals surface area contributed by atoms with E-state index in [9.17, 15) is 22.0 Å². The number of rotatable bonds is 3. The van der Waals surface area contributed by atoms with Crippen LogP contribution in [0.2, 0.25) is 0 Å². The largest absolute Gasteiger partial charge is 0.391 e. The van der Waals surface area contributed by atoms with Crippen LogP contribution in [0.5, 0.6) is 0 Å². The van der Waals surface area contributed by atoms with Gasteiger partial charge in [-0.15, -0.1) is 0 Å². The third-order valence-electron chi connectivity index (χ3n) is 3.78. The molecule has 0 aliphatic heterocycles. The van der Waals surface area contributed by atoms with Crippen molar-refractivity contribution < 1.29 is 22.0 Å². The van der Waals surface area contributed by atoms with Gasteiger partial charge in [-0.3, -0.25) is 0 Å². The first-order valence-corrected chi connectivity index (χ1v) is 6.60. The summed E-state index contributed by atoms with van der Waals surface area (Å²) in [7, 11) is 0. The maximum absolute atomic E-state index is 13.4. The molecule has 0 amide bonds. The van der Waals surface area contributed by atoms with Crippen molar-refractivity contribution in [2.24, 2.45) is 5.92 Å². The molecule has 1 aliphatic carbocycles. The van der Waals surface area contributed by atoms with Crippen LogP contribution in [0.25, 0.3) is 0 Å². The highest BCUT2D eigenvalue weighted by Gasteiger charge is 2.41. The predicted molar refractivity (Wildman–Crippen MR) is 65.0 cm³/mol. The lowest BCUT2D eigenvalue weighted by Gasteiger charge is -2.30. The van der Waals surface area contributed by atoms with Crippen molar-refractivity contribution >= 4 is 0 Å². The number of nitrogens with one attached hydrogen (secondary N) is 1. The monoisotopic (exact) mass is 293 g/mol. The van der Waals surface area contributed by atoms with Gasteiger partial charge in [0.05, 0.1) is 5.92 Å². The summed E-state index contributed by atoms with van der Waals surface area (Å²) in [6.07, 6.45) is -3.14. The summed E-state index contributed by atoms with van der Waals surface area (Å²) < 4.78 is 63.9. The lowest BCUT2D eigenvalue weighted by Crippen LogP contribution is -2.36. The van der Waals surface area contributed by atoms with Crippen LogP contribution in [-0.2, 0) is 6.54 Å². The van der Waals surface area contributed by atoms with Crippen molar-refractivity contribution in [3.8, 4) is 0 Å². The highest BCUT2D eigenvalue weighted by atomic mass is 19.4. The minimum atomic E-state index is -4.13. The molecule has 1 aliphatic rings. The Hall–Kier alpha value is -1.17. The Balaban J connectivity index is 1.83. The molecular weight excluding hydrogens is 277 g/mol. The molecule has 1 fully saturated rings. The third-order valence-corrected chi connectivity index (χ3v) is 3.78. The van der Waals surface area contributed by atoms with Crippen LogP contribution >= 0.6 is 0 Å². The molecule has 0 unspecified atom stereocenters. The van der Waals surface area contributed by atoms with E-state index in [2.05, 4.69) is 5.32 Å². The average Bonchev–Trinajstić information content (AvgIpc) is 2.39. The number of alkyl halides is 3. The Kier molecular flexibility index (Phi) is 4.62. The van der Waals surface area contributed by atoms with E-state index in [1.54, 1.807) is 0 Å². The van der Waals surface area contributed by atoms with Crippen molar-refractivity contribution in [1.82, 2.24) is 5.32 Å². The van der Waals surface area contributed by atoms with Gasteiger partial charge in [-0.1, -0.05) is 0 Å². The molecule has 0 spiro atoms. The van der Waals surface area contributed by atoms with E-state index in [1.807, 2.05) is 0 Å². The number of hydrogen-bond donors (Lipinski definition) is 1. The van der Waals surface area contributed by atoms with Gasteiger partial charge in [-0.25, -0.2) is 8.78 Å². The Labute approximate surface area is 114 Å². The predicted octanol–water partition coefficient (Wildman–Crippen LogP) is 4.18. The molecule has 2 rings (SSSR count). The summed E-state index contributed by atoms with van der Waals surface area (Å²) >= 11 is 0. The van der Waals surface area contributed by atoms with Gasteiger partial charge >= 0.3 is 6.18 Å². The molecule has 0 aromatic heterocycles. The van der Waals surface area contributed by atoms with Gasteiger partial charge in [0.1, 0.15) is 11.6 Å². The molecule has 1 saturated carbocycles. The summed E-state index contributed by atoms with van der Waals surface area (Å²) in [5.74, 6) is -2.27. The molecule has 6 heteroatoms. The summed E-state index contributed by atoms with van der Waals surface area (Å²) in [6.45, 7) is 0.130. The molecule has 0 heterocycles. The maximum Gasteiger partial charge on any atom is 0.391 e. The van der Waals surface area contributed by atoms with E-state index in [0.717, 1.165) is 18.2 Å². The van der Waals surface area contributed by atoms with Gasteiger partial charge in [0, 0.05) is 18.2 Å². The zero-order valence-electron chi connectivity index (χ0n) is 10.8.